The number of ether oxygens (including phenoxy) is 2. The van der Waals surface area contributed by atoms with Crippen molar-refractivity contribution in [1.29, 1.82) is 0 Å². The lowest BCUT2D eigenvalue weighted by molar-refractivity contribution is -0.162. The molecule has 2 aromatic carbocycles. The third kappa shape index (κ3) is 6.37. The van der Waals surface area contributed by atoms with E-state index in [4.69, 9.17) is 49.4 Å². The number of aliphatic hydroxyl groups is 4. The Labute approximate surface area is 190 Å². The van der Waals surface area contributed by atoms with Crippen LogP contribution in [0, 0.1) is 0 Å². The van der Waals surface area contributed by atoms with Crippen LogP contribution in [0.5, 0.6) is 11.5 Å². The summed E-state index contributed by atoms with van der Waals surface area (Å²) >= 11 is 18.1. The van der Waals surface area contributed by atoms with Gasteiger partial charge in [-0.15, -0.1) is 11.6 Å². The second-order valence-corrected chi connectivity index (χ2v) is 8.55. The van der Waals surface area contributed by atoms with Gasteiger partial charge in [0.15, 0.2) is 5.75 Å². The fourth-order valence-electron chi connectivity index (χ4n) is 2.66. The Kier molecular flexibility index (Phi) is 8.65. The van der Waals surface area contributed by atoms with Gasteiger partial charge in [-0.3, -0.25) is 0 Å². The van der Waals surface area contributed by atoms with Gasteiger partial charge in [0.2, 0.25) is 5.79 Å². The fraction of sp³-hybridized carbons (Fsp3) is 0.429. The quantitative estimate of drug-likeness (QED) is 0.308. The number of hydrogen-bond donors (Lipinski definition) is 4. The largest absolute Gasteiger partial charge is 0.491 e. The van der Waals surface area contributed by atoms with Gasteiger partial charge in [-0.05, 0) is 35.4 Å². The highest BCUT2D eigenvalue weighted by atomic mass is 35.5. The summed E-state index contributed by atoms with van der Waals surface area (Å²) in [5.41, 5.74) is 1.32. The predicted molar refractivity (Wildman–Crippen MR) is 117 cm³/mol. The fourth-order valence-corrected chi connectivity index (χ4v) is 3.34. The Hall–Kier alpha value is -1.25. The van der Waals surface area contributed by atoms with Crippen LogP contribution in [0.25, 0.3) is 0 Å². The Morgan fingerprint density at radius 1 is 0.967 bits per heavy atom. The summed E-state index contributed by atoms with van der Waals surface area (Å²) in [4.78, 5) is 0. The van der Waals surface area contributed by atoms with Crippen LogP contribution < -0.4 is 9.47 Å². The first-order chi connectivity index (χ1) is 14.0. The Balaban J connectivity index is 2.21. The molecule has 0 saturated heterocycles. The summed E-state index contributed by atoms with van der Waals surface area (Å²) in [5.74, 6) is -1.91. The molecule has 4 N–H and O–H groups in total. The molecule has 1 atom stereocenters. The maximum atomic E-state index is 9.58. The maximum absolute atomic E-state index is 9.58. The van der Waals surface area contributed by atoms with Crippen LogP contribution in [0.15, 0.2) is 36.4 Å². The zero-order valence-corrected chi connectivity index (χ0v) is 18.9. The number of aliphatic hydroxyl groups excluding tert-OH is 2. The molecule has 0 fully saturated rings. The van der Waals surface area contributed by atoms with Crippen molar-refractivity contribution in [2.75, 3.05) is 25.7 Å². The average molecular weight is 480 g/mol. The van der Waals surface area contributed by atoms with E-state index < -0.39 is 29.8 Å². The van der Waals surface area contributed by atoms with E-state index in [-0.39, 0.29) is 29.0 Å². The molecule has 30 heavy (non-hydrogen) atoms. The molecule has 0 bridgehead atoms. The van der Waals surface area contributed by atoms with E-state index in [1.807, 2.05) is 26.0 Å². The first-order valence-corrected chi connectivity index (χ1v) is 10.4. The molecule has 0 radical (unpaired) electrons. The lowest BCUT2D eigenvalue weighted by atomic mass is 9.78. The molecular formula is C21H25Cl3O6. The highest BCUT2D eigenvalue weighted by Gasteiger charge is 2.27. The molecular weight excluding hydrogens is 455 g/mol. The van der Waals surface area contributed by atoms with Crippen LogP contribution >= 0.6 is 34.8 Å². The lowest BCUT2D eigenvalue weighted by Gasteiger charge is -2.28. The predicted octanol–water partition coefficient (Wildman–Crippen LogP) is 3.35. The van der Waals surface area contributed by atoms with Crippen LogP contribution in [0.1, 0.15) is 25.0 Å². The van der Waals surface area contributed by atoms with Crippen molar-refractivity contribution in [3.63, 3.8) is 0 Å². The molecule has 0 saturated carbocycles. The van der Waals surface area contributed by atoms with Crippen molar-refractivity contribution in [1.82, 2.24) is 0 Å². The van der Waals surface area contributed by atoms with Crippen LogP contribution in [-0.2, 0) is 5.41 Å². The Bertz CT molecular complexity index is 816. The summed E-state index contributed by atoms with van der Waals surface area (Å²) in [7, 11) is 0. The number of halogens is 3. The standard InChI is InChI=1S/C21H25Cl3O6/c1-20(2,13-3-5-16(6-4-13)29-10-15(26)9-25)14-7-17(23)19(18(24)8-14)30-12-21(27,28)11-22/h3-8,15,25-28H,9-12H2,1-2H3/t15-/m1/s1. The minimum absolute atomic E-state index is 0.00139. The van der Waals surface area contributed by atoms with Crippen LogP contribution in [0.4, 0.5) is 0 Å². The van der Waals surface area contributed by atoms with Crippen molar-refractivity contribution in [3.8, 4) is 11.5 Å². The van der Waals surface area contributed by atoms with E-state index >= 15 is 0 Å². The van der Waals surface area contributed by atoms with Gasteiger partial charge in [-0.1, -0.05) is 49.2 Å². The van der Waals surface area contributed by atoms with Gasteiger partial charge in [-0.2, -0.15) is 0 Å². The SMILES string of the molecule is CC(C)(c1ccc(OC[C@H](O)CO)cc1)c1cc(Cl)c(OCC(O)(O)CCl)c(Cl)c1. The van der Waals surface area contributed by atoms with E-state index in [2.05, 4.69) is 0 Å². The zero-order chi connectivity index (χ0) is 22.5. The first-order valence-electron chi connectivity index (χ1n) is 9.15. The molecule has 166 valence electrons. The lowest BCUT2D eigenvalue weighted by Crippen LogP contribution is -2.37. The molecule has 0 amide bonds. The summed E-state index contributed by atoms with van der Waals surface area (Å²) in [6.45, 7) is 3.15. The summed E-state index contributed by atoms with van der Waals surface area (Å²) in [6, 6.07) is 10.7. The van der Waals surface area contributed by atoms with Gasteiger partial charge in [0, 0.05) is 5.41 Å². The van der Waals surface area contributed by atoms with E-state index in [9.17, 15) is 15.3 Å². The summed E-state index contributed by atoms with van der Waals surface area (Å²) in [5, 5.41) is 37.8. The van der Waals surface area contributed by atoms with E-state index in [1.165, 1.54) is 0 Å². The van der Waals surface area contributed by atoms with Crippen molar-refractivity contribution in [2.24, 2.45) is 0 Å². The average Bonchev–Trinajstić information content (AvgIpc) is 2.71. The van der Waals surface area contributed by atoms with Crippen LogP contribution in [-0.4, -0.2) is 58.0 Å². The highest BCUT2D eigenvalue weighted by molar-refractivity contribution is 6.37. The second-order valence-electron chi connectivity index (χ2n) is 7.47. The number of hydrogen-bond acceptors (Lipinski definition) is 6. The molecule has 0 heterocycles. The molecule has 0 aliphatic heterocycles. The third-order valence-corrected chi connectivity index (χ3v) is 5.60. The molecule has 2 aromatic rings. The number of alkyl halides is 1. The molecule has 0 aliphatic carbocycles. The van der Waals surface area contributed by atoms with Crippen LogP contribution in [0.3, 0.4) is 0 Å². The molecule has 0 spiro atoms. The molecule has 0 aromatic heterocycles. The molecule has 2 rings (SSSR count). The first kappa shape index (κ1) is 25.0. The van der Waals surface area contributed by atoms with Crippen LogP contribution in [0.2, 0.25) is 10.0 Å². The molecule has 6 nitrogen and oxygen atoms in total. The van der Waals surface area contributed by atoms with Gasteiger partial charge in [0.1, 0.15) is 25.1 Å². The normalized spacial score (nSPS) is 13.2. The molecule has 9 heteroatoms. The third-order valence-electron chi connectivity index (χ3n) is 4.61. The van der Waals surface area contributed by atoms with Gasteiger partial charge >= 0.3 is 0 Å². The Morgan fingerprint density at radius 2 is 1.53 bits per heavy atom. The minimum Gasteiger partial charge on any atom is -0.491 e. The van der Waals surface area contributed by atoms with E-state index in [0.717, 1.165) is 11.1 Å². The smallest absolute Gasteiger partial charge is 0.211 e. The minimum atomic E-state index is -2.19. The Morgan fingerprint density at radius 3 is 2.03 bits per heavy atom. The van der Waals surface area contributed by atoms with Crippen molar-refractivity contribution in [3.05, 3.63) is 57.6 Å². The summed E-state index contributed by atoms with van der Waals surface area (Å²) < 4.78 is 10.8. The molecule has 0 unspecified atom stereocenters. The van der Waals surface area contributed by atoms with Crippen molar-refractivity contribution >= 4 is 34.8 Å². The van der Waals surface area contributed by atoms with Gasteiger partial charge in [0.25, 0.3) is 0 Å². The van der Waals surface area contributed by atoms with Crippen molar-refractivity contribution in [2.45, 2.75) is 31.2 Å². The van der Waals surface area contributed by atoms with E-state index in [1.54, 1.807) is 24.3 Å². The van der Waals surface area contributed by atoms with Gasteiger partial charge in [0.05, 0.1) is 22.5 Å². The maximum Gasteiger partial charge on any atom is 0.211 e. The van der Waals surface area contributed by atoms with Gasteiger partial charge < -0.3 is 29.9 Å². The monoisotopic (exact) mass is 478 g/mol. The highest BCUT2D eigenvalue weighted by Crippen LogP contribution is 2.41. The summed E-state index contributed by atoms with van der Waals surface area (Å²) in [6.07, 6.45) is -0.933. The molecule has 0 aliphatic rings. The zero-order valence-electron chi connectivity index (χ0n) is 16.6. The van der Waals surface area contributed by atoms with Gasteiger partial charge in [-0.25, -0.2) is 0 Å². The number of benzene rings is 2. The second kappa shape index (κ2) is 10.4. The number of rotatable bonds is 10. The van der Waals surface area contributed by atoms with E-state index in [0.29, 0.717) is 5.75 Å². The van der Waals surface area contributed by atoms with Crippen molar-refractivity contribution < 1.29 is 29.9 Å². The topological polar surface area (TPSA) is 99.4 Å².